The molecule has 7 heteroatoms. The molecule has 0 radical (unpaired) electrons. The number of halogens is 1. The van der Waals surface area contributed by atoms with Gasteiger partial charge in [-0.1, -0.05) is 18.4 Å². The number of piperazine rings is 1. The summed E-state index contributed by atoms with van der Waals surface area (Å²) < 4.78 is 17.2. The van der Waals surface area contributed by atoms with E-state index >= 15 is 4.39 Å². The first-order valence-corrected chi connectivity index (χ1v) is 10.0. The number of rotatable bonds is 3. The molecule has 156 valence electrons. The number of carboxylic acid groups (broad SMARTS) is 1. The zero-order chi connectivity index (χ0) is 21.6. The van der Waals surface area contributed by atoms with Crippen LogP contribution >= 0.6 is 0 Å². The summed E-state index contributed by atoms with van der Waals surface area (Å²) in [5, 5.41) is 9.55. The highest BCUT2D eigenvalue weighted by Crippen LogP contribution is 2.40. The monoisotopic (exact) mass is 409 g/mol. The molecule has 0 spiro atoms. The van der Waals surface area contributed by atoms with E-state index in [0.717, 1.165) is 25.9 Å². The second-order valence-electron chi connectivity index (χ2n) is 8.11. The van der Waals surface area contributed by atoms with Gasteiger partial charge in [0.05, 0.1) is 22.2 Å². The van der Waals surface area contributed by atoms with Gasteiger partial charge in [0, 0.05) is 38.4 Å². The second-order valence-corrected chi connectivity index (χ2v) is 8.11. The number of anilines is 1. The van der Waals surface area contributed by atoms with Gasteiger partial charge in [0.2, 0.25) is 5.43 Å². The molecule has 1 N–H and O–H groups in total. The van der Waals surface area contributed by atoms with Crippen molar-refractivity contribution in [3.05, 3.63) is 51.6 Å². The maximum absolute atomic E-state index is 15.4. The van der Waals surface area contributed by atoms with Crippen LogP contribution in [0.2, 0.25) is 0 Å². The molecule has 1 aromatic heterocycles. The SMILES string of the molecule is C=C(C)C#Cc1c(N2CCN(C)CC2)c(F)cc2c(=O)c(C(=O)O)cn(C3CC3)c12. The van der Waals surface area contributed by atoms with Crippen LogP contribution in [0, 0.1) is 17.7 Å². The molecule has 0 bridgehead atoms. The fraction of sp³-hybridized carbons (Fsp3) is 0.391. The van der Waals surface area contributed by atoms with E-state index in [9.17, 15) is 14.7 Å². The molecule has 1 saturated heterocycles. The van der Waals surface area contributed by atoms with E-state index in [4.69, 9.17) is 0 Å². The number of nitrogens with zero attached hydrogens (tertiary/aromatic N) is 3. The lowest BCUT2D eigenvalue weighted by atomic mass is 10.0. The van der Waals surface area contributed by atoms with Crippen LogP contribution in [0.25, 0.3) is 10.9 Å². The Bertz CT molecular complexity index is 1180. The first kappa shape index (κ1) is 20.2. The van der Waals surface area contributed by atoms with E-state index < -0.39 is 17.2 Å². The minimum absolute atomic E-state index is 0.0585. The summed E-state index contributed by atoms with van der Waals surface area (Å²) in [4.78, 5) is 28.7. The molecule has 2 aliphatic rings. The molecule has 1 saturated carbocycles. The van der Waals surface area contributed by atoms with Gasteiger partial charge in [-0.25, -0.2) is 9.18 Å². The summed E-state index contributed by atoms with van der Waals surface area (Å²) in [6, 6.07) is 1.27. The van der Waals surface area contributed by atoms with Crippen LogP contribution < -0.4 is 10.3 Å². The van der Waals surface area contributed by atoms with E-state index in [1.807, 2.05) is 16.5 Å². The minimum atomic E-state index is -1.31. The first-order valence-electron chi connectivity index (χ1n) is 10.0. The number of aromatic nitrogens is 1. The van der Waals surface area contributed by atoms with Gasteiger partial charge in [0.15, 0.2) is 0 Å². The standard InChI is InChI=1S/C23H24FN3O3/c1-14(2)4-7-16-20-17(12-19(24)21(16)26-10-8-25(3)9-11-26)22(28)18(23(29)30)13-27(20)15-5-6-15/h12-13,15H,1,5-6,8-11H2,2-3H3,(H,29,30). The van der Waals surface area contributed by atoms with Crippen LogP contribution in [0.5, 0.6) is 0 Å². The first-order chi connectivity index (χ1) is 14.3. The molecular formula is C23H24FN3O3. The number of benzene rings is 1. The number of likely N-dealkylation sites (N-methyl/N-ethyl adjacent to an activating group) is 1. The lowest BCUT2D eigenvalue weighted by molar-refractivity contribution is 0.0695. The highest BCUT2D eigenvalue weighted by atomic mass is 19.1. The molecule has 1 aliphatic carbocycles. The number of hydrogen-bond acceptors (Lipinski definition) is 4. The Morgan fingerprint density at radius 2 is 1.93 bits per heavy atom. The van der Waals surface area contributed by atoms with Crippen molar-refractivity contribution < 1.29 is 14.3 Å². The number of fused-ring (bicyclic) bond motifs is 1. The van der Waals surface area contributed by atoms with Crippen molar-refractivity contribution in [2.45, 2.75) is 25.8 Å². The van der Waals surface area contributed by atoms with Gasteiger partial charge in [0.25, 0.3) is 0 Å². The van der Waals surface area contributed by atoms with Crippen LogP contribution in [0.1, 0.15) is 41.7 Å². The van der Waals surface area contributed by atoms with Crippen LogP contribution in [-0.4, -0.2) is 53.8 Å². The number of pyridine rings is 1. The zero-order valence-electron chi connectivity index (χ0n) is 17.2. The summed E-state index contributed by atoms with van der Waals surface area (Å²) >= 11 is 0. The maximum atomic E-state index is 15.4. The molecule has 4 rings (SSSR count). The van der Waals surface area contributed by atoms with E-state index in [2.05, 4.69) is 23.3 Å². The summed E-state index contributed by atoms with van der Waals surface area (Å²) in [7, 11) is 2.02. The number of carboxylic acids is 1. The Hall–Kier alpha value is -3.11. The normalized spacial score (nSPS) is 17.0. The van der Waals surface area contributed by atoms with Gasteiger partial charge in [-0.05, 0) is 38.5 Å². The molecule has 1 aromatic carbocycles. The van der Waals surface area contributed by atoms with E-state index in [0.29, 0.717) is 35.4 Å². The van der Waals surface area contributed by atoms with E-state index in [-0.39, 0.29) is 17.0 Å². The van der Waals surface area contributed by atoms with Crippen LogP contribution in [-0.2, 0) is 0 Å². The Labute approximate surface area is 174 Å². The zero-order valence-corrected chi connectivity index (χ0v) is 17.2. The van der Waals surface area contributed by atoms with Gasteiger partial charge in [-0.2, -0.15) is 0 Å². The molecule has 0 amide bonds. The van der Waals surface area contributed by atoms with Gasteiger partial charge >= 0.3 is 5.97 Å². The Balaban J connectivity index is 2.08. The highest BCUT2D eigenvalue weighted by Gasteiger charge is 2.30. The van der Waals surface area contributed by atoms with Crippen molar-refractivity contribution >= 4 is 22.6 Å². The molecule has 2 heterocycles. The molecular weight excluding hydrogens is 385 g/mol. The molecule has 6 nitrogen and oxygen atoms in total. The fourth-order valence-corrected chi connectivity index (χ4v) is 3.90. The van der Waals surface area contributed by atoms with Crippen molar-refractivity contribution in [2.75, 3.05) is 38.1 Å². The van der Waals surface area contributed by atoms with Crippen LogP contribution in [0.4, 0.5) is 10.1 Å². The van der Waals surface area contributed by atoms with Gasteiger partial charge in [0.1, 0.15) is 11.4 Å². The lowest BCUT2D eigenvalue weighted by Crippen LogP contribution is -2.45. The van der Waals surface area contributed by atoms with E-state index in [1.54, 1.807) is 6.92 Å². The van der Waals surface area contributed by atoms with Crippen LogP contribution in [0.15, 0.2) is 29.2 Å². The Kier molecular flexibility index (Phi) is 5.12. The summed E-state index contributed by atoms with van der Waals surface area (Å²) in [6.45, 7) is 8.44. The topological polar surface area (TPSA) is 65.8 Å². The second kappa shape index (κ2) is 7.62. The van der Waals surface area contributed by atoms with Crippen molar-refractivity contribution in [3.8, 4) is 11.8 Å². The smallest absolute Gasteiger partial charge is 0.341 e. The van der Waals surface area contributed by atoms with Crippen LogP contribution in [0.3, 0.4) is 0 Å². The van der Waals surface area contributed by atoms with E-state index in [1.165, 1.54) is 12.3 Å². The molecule has 0 atom stereocenters. The Morgan fingerprint density at radius 3 is 2.50 bits per heavy atom. The highest BCUT2D eigenvalue weighted by molar-refractivity contribution is 5.97. The number of hydrogen-bond donors (Lipinski definition) is 1. The molecule has 1 aliphatic heterocycles. The summed E-state index contributed by atoms with van der Waals surface area (Å²) in [6.07, 6.45) is 3.15. The van der Waals surface area contributed by atoms with Crippen molar-refractivity contribution in [1.82, 2.24) is 9.47 Å². The van der Waals surface area contributed by atoms with Crippen molar-refractivity contribution in [3.63, 3.8) is 0 Å². The number of allylic oxidation sites excluding steroid dienone is 1. The predicted molar refractivity (Wildman–Crippen MR) is 115 cm³/mol. The molecule has 2 aromatic rings. The summed E-state index contributed by atoms with van der Waals surface area (Å²) in [5.41, 5.74) is 0.909. The number of carbonyl (C=O) groups is 1. The largest absolute Gasteiger partial charge is 0.477 e. The fourth-order valence-electron chi connectivity index (χ4n) is 3.90. The third kappa shape index (κ3) is 3.59. The Morgan fingerprint density at radius 1 is 1.27 bits per heavy atom. The summed E-state index contributed by atoms with van der Waals surface area (Å²) in [5.74, 6) is 4.12. The third-order valence-electron chi connectivity index (χ3n) is 5.63. The quantitative estimate of drug-likeness (QED) is 0.790. The molecule has 0 unspecified atom stereocenters. The minimum Gasteiger partial charge on any atom is -0.477 e. The van der Waals surface area contributed by atoms with Gasteiger partial charge < -0.3 is 19.5 Å². The van der Waals surface area contributed by atoms with Gasteiger partial charge in [-0.15, -0.1) is 0 Å². The average Bonchev–Trinajstić information content (AvgIpc) is 3.52. The molecule has 2 fully saturated rings. The van der Waals surface area contributed by atoms with Crippen molar-refractivity contribution in [1.29, 1.82) is 0 Å². The third-order valence-corrected chi connectivity index (χ3v) is 5.63. The predicted octanol–water partition coefficient (Wildman–Crippen LogP) is 2.85. The van der Waals surface area contributed by atoms with Gasteiger partial charge in [-0.3, -0.25) is 4.79 Å². The average molecular weight is 409 g/mol. The van der Waals surface area contributed by atoms with Crippen molar-refractivity contribution in [2.24, 2.45) is 0 Å². The lowest BCUT2D eigenvalue weighted by Gasteiger charge is -2.35. The molecule has 30 heavy (non-hydrogen) atoms. The number of aromatic carboxylic acids is 1. The maximum Gasteiger partial charge on any atom is 0.341 e.